The van der Waals surface area contributed by atoms with E-state index in [2.05, 4.69) is 4.98 Å². The van der Waals surface area contributed by atoms with E-state index in [-0.39, 0.29) is 5.82 Å². The average Bonchev–Trinajstić information content (AvgIpc) is 2.40. The van der Waals surface area contributed by atoms with E-state index in [1.807, 2.05) is 14.0 Å². The van der Waals surface area contributed by atoms with Gasteiger partial charge in [0.2, 0.25) is 0 Å². The molecule has 2 aromatic rings. The molecule has 2 nitrogen and oxygen atoms in total. The van der Waals surface area contributed by atoms with Crippen LogP contribution >= 0.6 is 11.3 Å². The van der Waals surface area contributed by atoms with Gasteiger partial charge in [-0.2, -0.15) is 0 Å². The van der Waals surface area contributed by atoms with Crippen LogP contribution in [0.5, 0.6) is 0 Å². The highest BCUT2D eigenvalue weighted by Crippen LogP contribution is 2.28. The molecule has 0 saturated carbocycles. The van der Waals surface area contributed by atoms with Crippen molar-refractivity contribution < 1.29 is 4.39 Å². The van der Waals surface area contributed by atoms with Crippen LogP contribution in [0.15, 0.2) is 0 Å². The van der Waals surface area contributed by atoms with Crippen LogP contribution in [-0.2, 0) is 7.05 Å². The molecule has 0 atom stereocenters. The molecule has 2 aromatic heterocycles. The molecule has 0 bridgehead atoms. The zero-order chi connectivity index (χ0) is 8.88. The van der Waals surface area contributed by atoms with Crippen LogP contribution in [0.1, 0.15) is 10.7 Å². The number of hydrogen-bond donors (Lipinski definition) is 0. The molecule has 2 rings (SSSR count). The van der Waals surface area contributed by atoms with Gasteiger partial charge in [0.05, 0.1) is 0 Å². The lowest BCUT2D eigenvalue weighted by Crippen LogP contribution is -1.92. The van der Waals surface area contributed by atoms with E-state index in [0.717, 1.165) is 10.7 Å². The summed E-state index contributed by atoms with van der Waals surface area (Å²) in [5.41, 5.74) is 0.634. The number of rotatable bonds is 0. The Hall–Kier alpha value is -0.900. The summed E-state index contributed by atoms with van der Waals surface area (Å²) in [6.45, 7) is 3.65. The van der Waals surface area contributed by atoms with E-state index in [0.29, 0.717) is 10.4 Å². The Morgan fingerprint density at radius 1 is 1.42 bits per heavy atom. The molecule has 0 amide bonds. The third-order valence-electron chi connectivity index (χ3n) is 2.05. The summed E-state index contributed by atoms with van der Waals surface area (Å²) < 4.78 is 15.2. The number of imidazole rings is 1. The van der Waals surface area contributed by atoms with Gasteiger partial charge in [-0.25, -0.2) is 9.37 Å². The van der Waals surface area contributed by atoms with Crippen molar-refractivity contribution in [1.29, 1.82) is 0 Å². The van der Waals surface area contributed by atoms with Crippen molar-refractivity contribution in [2.24, 2.45) is 7.05 Å². The number of nitrogens with zero attached hydrogens (tertiary/aromatic N) is 2. The number of fused-ring (bicyclic) bond motifs is 1. The molecule has 64 valence electrons. The van der Waals surface area contributed by atoms with Crippen LogP contribution in [0, 0.1) is 19.7 Å². The maximum Gasteiger partial charge on any atom is 0.162 e. The maximum absolute atomic E-state index is 13.4. The molecule has 12 heavy (non-hydrogen) atoms. The monoisotopic (exact) mass is 184 g/mol. The molecule has 4 heteroatoms. The maximum atomic E-state index is 13.4. The van der Waals surface area contributed by atoms with E-state index in [1.165, 1.54) is 11.3 Å². The van der Waals surface area contributed by atoms with E-state index in [1.54, 1.807) is 11.5 Å². The molecule has 0 N–H and O–H groups in total. The third-order valence-corrected chi connectivity index (χ3v) is 3.02. The van der Waals surface area contributed by atoms with Crippen molar-refractivity contribution >= 4 is 21.7 Å². The first-order valence-electron chi connectivity index (χ1n) is 3.69. The summed E-state index contributed by atoms with van der Waals surface area (Å²) in [6, 6.07) is 0. The Morgan fingerprint density at radius 2 is 2.08 bits per heavy atom. The van der Waals surface area contributed by atoms with Gasteiger partial charge in [-0.05, 0) is 13.8 Å². The van der Waals surface area contributed by atoms with Gasteiger partial charge in [0, 0.05) is 11.9 Å². The SMILES string of the molecule is Cc1sc2nc(C)n(C)c2c1F. The van der Waals surface area contributed by atoms with Crippen molar-refractivity contribution in [3.05, 3.63) is 16.5 Å². The second-order valence-electron chi connectivity index (χ2n) is 2.84. The Bertz CT molecular complexity index is 404. The molecule has 0 aliphatic carbocycles. The Morgan fingerprint density at radius 3 is 2.67 bits per heavy atom. The molecular weight excluding hydrogens is 175 g/mol. The smallest absolute Gasteiger partial charge is 0.162 e. The van der Waals surface area contributed by atoms with E-state index >= 15 is 0 Å². The van der Waals surface area contributed by atoms with Crippen LogP contribution in [0.3, 0.4) is 0 Å². The fourth-order valence-electron chi connectivity index (χ4n) is 1.25. The number of halogens is 1. The van der Waals surface area contributed by atoms with Gasteiger partial charge >= 0.3 is 0 Å². The van der Waals surface area contributed by atoms with Crippen molar-refractivity contribution in [1.82, 2.24) is 9.55 Å². The highest BCUT2D eigenvalue weighted by Gasteiger charge is 2.14. The van der Waals surface area contributed by atoms with Crippen molar-refractivity contribution in [3.63, 3.8) is 0 Å². The van der Waals surface area contributed by atoms with Crippen molar-refractivity contribution in [2.75, 3.05) is 0 Å². The van der Waals surface area contributed by atoms with E-state index < -0.39 is 0 Å². The molecule has 0 unspecified atom stereocenters. The molecule has 0 aliphatic heterocycles. The average molecular weight is 184 g/mol. The fraction of sp³-hybridized carbons (Fsp3) is 0.375. The van der Waals surface area contributed by atoms with Gasteiger partial charge in [0.15, 0.2) is 5.82 Å². The van der Waals surface area contributed by atoms with Crippen LogP contribution in [-0.4, -0.2) is 9.55 Å². The summed E-state index contributed by atoms with van der Waals surface area (Å²) in [6.07, 6.45) is 0. The largest absolute Gasteiger partial charge is 0.328 e. The minimum absolute atomic E-state index is 0.127. The zero-order valence-corrected chi connectivity index (χ0v) is 8.00. The first kappa shape index (κ1) is 7.73. The number of hydrogen-bond acceptors (Lipinski definition) is 2. The van der Waals surface area contributed by atoms with Gasteiger partial charge in [-0.15, -0.1) is 11.3 Å². The van der Waals surface area contributed by atoms with Gasteiger partial charge in [0.1, 0.15) is 16.2 Å². The first-order chi connectivity index (χ1) is 5.61. The highest BCUT2D eigenvalue weighted by molar-refractivity contribution is 7.18. The summed E-state index contributed by atoms with van der Waals surface area (Å²) in [5, 5.41) is 0. The lowest BCUT2D eigenvalue weighted by molar-refractivity contribution is 0.627. The molecular formula is C8H9FN2S. The van der Waals surface area contributed by atoms with Gasteiger partial charge < -0.3 is 4.57 Å². The molecule has 0 aromatic carbocycles. The summed E-state index contributed by atoms with van der Waals surface area (Å²) >= 11 is 1.41. The van der Waals surface area contributed by atoms with Gasteiger partial charge in [-0.1, -0.05) is 0 Å². The number of aryl methyl sites for hydroxylation is 3. The van der Waals surface area contributed by atoms with Crippen LogP contribution < -0.4 is 0 Å². The normalized spacial score (nSPS) is 11.3. The van der Waals surface area contributed by atoms with E-state index in [4.69, 9.17) is 0 Å². The highest BCUT2D eigenvalue weighted by atomic mass is 32.1. The molecule has 2 heterocycles. The molecule has 0 saturated heterocycles. The summed E-state index contributed by atoms with van der Waals surface area (Å²) in [5.74, 6) is 0.730. The van der Waals surface area contributed by atoms with Crippen LogP contribution in [0.4, 0.5) is 4.39 Å². The molecule has 0 aliphatic rings. The summed E-state index contributed by atoms with van der Waals surface area (Å²) in [7, 11) is 1.83. The lowest BCUT2D eigenvalue weighted by Gasteiger charge is -1.94. The van der Waals surface area contributed by atoms with Crippen molar-refractivity contribution in [3.8, 4) is 0 Å². The second-order valence-corrected chi connectivity index (χ2v) is 4.05. The van der Waals surface area contributed by atoms with Crippen LogP contribution in [0.25, 0.3) is 10.3 Å². The summed E-state index contributed by atoms with van der Waals surface area (Å²) in [4.78, 5) is 5.74. The minimum Gasteiger partial charge on any atom is -0.328 e. The van der Waals surface area contributed by atoms with Crippen molar-refractivity contribution in [2.45, 2.75) is 13.8 Å². The quantitative estimate of drug-likeness (QED) is 0.614. The Labute approximate surface area is 73.7 Å². The number of thiophene rings is 1. The topological polar surface area (TPSA) is 17.8 Å². The van der Waals surface area contributed by atoms with Crippen LogP contribution in [0.2, 0.25) is 0 Å². The predicted octanol–water partition coefficient (Wildman–Crippen LogP) is 2.39. The molecule has 0 fully saturated rings. The van der Waals surface area contributed by atoms with E-state index in [9.17, 15) is 4.39 Å². The lowest BCUT2D eigenvalue weighted by atomic mass is 10.4. The predicted molar refractivity (Wildman–Crippen MR) is 48.0 cm³/mol. The molecule has 0 radical (unpaired) electrons. The van der Waals surface area contributed by atoms with Gasteiger partial charge in [0.25, 0.3) is 0 Å². The standard InChI is InChI=1S/C8H9FN2S/c1-4-6(9)7-8(12-4)10-5(2)11(7)3/h1-3H3. The number of aromatic nitrogens is 2. The Balaban J connectivity index is 2.94. The Kier molecular flexibility index (Phi) is 1.48. The minimum atomic E-state index is -0.127. The fourth-order valence-corrected chi connectivity index (χ4v) is 2.23. The molecule has 0 spiro atoms. The second kappa shape index (κ2) is 2.29. The zero-order valence-electron chi connectivity index (χ0n) is 7.18. The third kappa shape index (κ3) is 0.813. The first-order valence-corrected chi connectivity index (χ1v) is 4.51. The van der Waals surface area contributed by atoms with Gasteiger partial charge in [-0.3, -0.25) is 0 Å².